The number of ether oxygens (including phenoxy) is 1. The molecule has 1 rings (SSSR count). The Hall–Kier alpha value is -1.79. The molecule has 0 aromatic heterocycles. The monoisotopic (exact) mass is 273 g/mol. The van der Waals surface area contributed by atoms with Gasteiger partial charge in [0.1, 0.15) is 11.4 Å². The molecule has 4 N–H and O–H groups in total. The summed E-state index contributed by atoms with van der Waals surface area (Å²) in [5.74, 6) is -0.793. The molecule has 7 nitrogen and oxygen atoms in total. The third kappa shape index (κ3) is 7.28. The molecule has 0 bridgehead atoms. The van der Waals surface area contributed by atoms with E-state index >= 15 is 0 Å². The fraction of sp³-hybridized carbons (Fsp3) is 0.750. The Balaban J connectivity index is 0.000000711. The Labute approximate surface area is 113 Å². The van der Waals surface area contributed by atoms with Crippen molar-refractivity contribution < 1.29 is 19.4 Å². The highest BCUT2D eigenvalue weighted by Gasteiger charge is 2.33. The van der Waals surface area contributed by atoms with Crippen LogP contribution in [-0.4, -0.2) is 46.1 Å². The number of nitrogens with zero attached hydrogens (tertiary/aromatic N) is 1. The van der Waals surface area contributed by atoms with Crippen molar-refractivity contribution in [3.05, 3.63) is 0 Å². The highest BCUT2D eigenvalue weighted by molar-refractivity contribution is 5.87. The molecule has 1 atom stereocenters. The smallest absolute Gasteiger partial charge is 0.410 e. The SMILES string of the molecule is CC(=O)O.CC(C)(C)OC(=O)N1CCCC1C(=N)N. The summed E-state index contributed by atoms with van der Waals surface area (Å²) in [5.41, 5.74) is 4.92. The van der Waals surface area contributed by atoms with Gasteiger partial charge in [0.2, 0.25) is 0 Å². The number of carbonyl (C=O) groups is 2. The van der Waals surface area contributed by atoms with E-state index in [0.29, 0.717) is 6.54 Å². The van der Waals surface area contributed by atoms with Crippen molar-refractivity contribution in [1.29, 1.82) is 5.41 Å². The molecule has 1 saturated heterocycles. The van der Waals surface area contributed by atoms with E-state index in [9.17, 15) is 4.79 Å². The number of amides is 1. The van der Waals surface area contributed by atoms with Crippen LogP contribution in [0.15, 0.2) is 0 Å². The first-order valence-electron chi connectivity index (χ1n) is 6.07. The number of likely N-dealkylation sites (tertiary alicyclic amines) is 1. The average molecular weight is 273 g/mol. The molecular formula is C12H23N3O4. The average Bonchev–Trinajstić information content (AvgIpc) is 2.61. The first kappa shape index (κ1) is 17.2. The fourth-order valence-corrected chi connectivity index (χ4v) is 1.63. The molecule has 0 radical (unpaired) electrons. The van der Waals surface area contributed by atoms with Gasteiger partial charge in [0.25, 0.3) is 5.97 Å². The number of nitrogens with two attached hydrogens (primary N) is 1. The van der Waals surface area contributed by atoms with Crippen LogP contribution in [0.5, 0.6) is 0 Å². The molecule has 1 amide bonds. The first-order valence-corrected chi connectivity index (χ1v) is 6.07. The van der Waals surface area contributed by atoms with Gasteiger partial charge in [-0.2, -0.15) is 0 Å². The lowest BCUT2D eigenvalue weighted by molar-refractivity contribution is -0.134. The van der Waals surface area contributed by atoms with Crippen LogP contribution in [0.4, 0.5) is 4.79 Å². The largest absolute Gasteiger partial charge is 0.481 e. The quantitative estimate of drug-likeness (QED) is 0.493. The Morgan fingerprint density at radius 3 is 2.26 bits per heavy atom. The Morgan fingerprint density at radius 2 is 1.89 bits per heavy atom. The van der Waals surface area contributed by atoms with Gasteiger partial charge in [0, 0.05) is 13.5 Å². The lowest BCUT2D eigenvalue weighted by atomic mass is 10.2. The van der Waals surface area contributed by atoms with Crippen LogP contribution in [0.3, 0.4) is 0 Å². The van der Waals surface area contributed by atoms with E-state index in [0.717, 1.165) is 19.8 Å². The molecule has 0 aromatic rings. The van der Waals surface area contributed by atoms with Crippen LogP contribution in [0, 0.1) is 5.41 Å². The van der Waals surface area contributed by atoms with Crippen LogP contribution in [0.25, 0.3) is 0 Å². The Morgan fingerprint density at radius 1 is 1.42 bits per heavy atom. The van der Waals surface area contributed by atoms with Gasteiger partial charge in [-0.1, -0.05) is 0 Å². The van der Waals surface area contributed by atoms with Crippen LogP contribution in [0.1, 0.15) is 40.5 Å². The van der Waals surface area contributed by atoms with Crippen molar-refractivity contribution in [3.8, 4) is 0 Å². The maximum absolute atomic E-state index is 11.7. The predicted octanol–water partition coefficient (Wildman–Crippen LogP) is 1.41. The zero-order chi connectivity index (χ0) is 15.2. The number of hydrogen-bond acceptors (Lipinski definition) is 4. The molecule has 0 saturated carbocycles. The van der Waals surface area contributed by atoms with Crippen LogP contribution in [0.2, 0.25) is 0 Å². The molecule has 1 heterocycles. The number of carbonyl (C=O) groups excluding carboxylic acids is 1. The summed E-state index contributed by atoms with van der Waals surface area (Å²) in [7, 11) is 0. The summed E-state index contributed by atoms with van der Waals surface area (Å²) in [6, 6.07) is -0.278. The molecule has 0 spiro atoms. The second kappa shape index (κ2) is 6.96. The minimum absolute atomic E-state index is 0.0401. The van der Waals surface area contributed by atoms with Gasteiger partial charge in [-0.25, -0.2) is 4.79 Å². The molecule has 1 aliphatic rings. The molecule has 0 aromatic carbocycles. The molecule has 1 fully saturated rings. The number of carboxylic acid groups (broad SMARTS) is 1. The third-order valence-corrected chi connectivity index (χ3v) is 2.24. The van der Waals surface area contributed by atoms with Gasteiger partial charge in [-0.3, -0.25) is 15.1 Å². The minimum Gasteiger partial charge on any atom is -0.481 e. The summed E-state index contributed by atoms with van der Waals surface area (Å²) in [4.78, 5) is 22.3. The van der Waals surface area contributed by atoms with Crippen LogP contribution < -0.4 is 5.73 Å². The van der Waals surface area contributed by atoms with Gasteiger partial charge < -0.3 is 15.6 Å². The molecule has 0 aliphatic carbocycles. The van der Waals surface area contributed by atoms with Crippen molar-refractivity contribution in [2.75, 3.05) is 6.54 Å². The van der Waals surface area contributed by atoms with Gasteiger partial charge in [0.05, 0.1) is 6.04 Å². The summed E-state index contributed by atoms with van der Waals surface area (Å²) in [6.45, 7) is 7.18. The number of aliphatic carboxylic acids is 1. The van der Waals surface area contributed by atoms with E-state index in [1.54, 1.807) is 0 Å². The summed E-state index contributed by atoms with van der Waals surface area (Å²) in [6.07, 6.45) is 1.26. The van der Waals surface area contributed by atoms with Gasteiger partial charge >= 0.3 is 6.09 Å². The van der Waals surface area contributed by atoms with E-state index in [1.165, 1.54) is 4.90 Å². The van der Waals surface area contributed by atoms with Gasteiger partial charge in [-0.05, 0) is 33.6 Å². The van der Waals surface area contributed by atoms with Gasteiger partial charge in [0.15, 0.2) is 0 Å². The maximum atomic E-state index is 11.7. The standard InChI is InChI=1S/C10H19N3O2.C2H4O2/c1-10(2,3)15-9(14)13-6-4-5-7(13)8(11)12;1-2(3)4/h7H,4-6H2,1-3H3,(H3,11,12);1H3,(H,3,4). The second-order valence-electron chi connectivity index (χ2n) is 5.31. The van der Waals surface area contributed by atoms with E-state index < -0.39 is 11.6 Å². The van der Waals surface area contributed by atoms with Crippen molar-refractivity contribution in [1.82, 2.24) is 4.90 Å². The molecule has 1 aliphatic heterocycles. The molecule has 7 heteroatoms. The number of nitrogens with one attached hydrogen (secondary N) is 1. The third-order valence-electron chi connectivity index (χ3n) is 2.24. The van der Waals surface area contributed by atoms with E-state index in [1.807, 2.05) is 20.8 Å². The first-order chi connectivity index (χ1) is 8.54. The predicted molar refractivity (Wildman–Crippen MR) is 71.2 cm³/mol. The number of rotatable bonds is 1. The summed E-state index contributed by atoms with van der Waals surface area (Å²) >= 11 is 0. The zero-order valence-corrected chi connectivity index (χ0v) is 11.9. The van der Waals surface area contributed by atoms with Crippen molar-refractivity contribution in [3.63, 3.8) is 0 Å². The number of carboxylic acids is 1. The van der Waals surface area contributed by atoms with Gasteiger partial charge in [-0.15, -0.1) is 0 Å². The highest BCUT2D eigenvalue weighted by atomic mass is 16.6. The van der Waals surface area contributed by atoms with E-state index in [-0.39, 0.29) is 18.0 Å². The van der Waals surface area contributed by atoms with E-state index in [2.05, 4.69) is 0 Å². The lowest BCUT2D eigenvalue weighted by Crippen LogP contribution is -2.45. The zero-order valence-electron chi connectivity index (χ0n) is 11.9. The molecule has 110 valence electrons. The summed E-state index contributed by atoms with van der Waals surface area (Å²) < 4.78 is 5.24. The Kier molecular flexibility index (Phi) is 6.31. The number of amidine groups is 1. The molecular weight excluding hydrogens is 250 g/mol. The molecule has 1 unspecified atom stereocenters. The lowest BCUT2D eigenvalue weighted by Gasteiger charge is -2.27. The normalized spacial score (nSPS) is 18.3. The minimum atomic E-state index is -0.833. The van der Waals surface area contributed by atoms with E-state index in [4.69, 9.17) is 25.8 Å². The maximum Gasteiger partial charge on any atom is 0.410 e. The van der Waals surface area contributed by atoms with Crippen molar-refractivity contribution >= 4 is 17.9 Å². The Bertz CT molecular complexity index is 345. The van der Waals surface area contributed by atoms with Crippen molar-refractivity contribution in [2.24, 2.45) is 5.73 Å². The molecule has 19 heavy (non-hydrogen) atoms. The topological polar surface area (TPSA) is 117 Å². The fourth-order valence-electron chi connectivity index (χ4n) is 1.63. The van der Waals surface area contributed by atoms with Crippen molar-refractivity contribution in [2.45, 2.75) is 52.2 Å². The van der Waals surface area contributed by atoms with Crippen LogP contribution >= 0.6 is 0 Å². The van der Waals surface area contributed by atoms with Crippen LogP contribution in [-0.2, 0) is 9.53 Å². The highest BCUT2D eigenvalue weighted by Crippen LogP contribution is 2.20. The summed E-state index contributed by atoms with van der Waals surface area (Å²) in [5, 5.41) is 14.8. The second-order valence-corrected chi connectivity index (χ2v) is 5.31. The number of hydrogen-bond donors (Lipinski definition) is 3.